The van der Waals surface area contributed by atoms with Gasteiger partial charge in [0.05, 0.1) is 29.1 Å². The second kappa shape index (κ2) is 8.26. The van der Waals surface area contributed by atoms with Gasteiger partial charge in [-0.1, -0.05) is 42.5 Å². The van der Waals surface area contributed by atoms with Crippen LogP contribution in [0.15, 0.2) is 66.7 Å². The minimum atomic E-state index is -0.611. The van der Waals surface area contributed by atoms with Crippen LogP contribution in [0.3, 0.4) is 0 Å². The molecule has 2 bridgehead atoms. The molecule has 0 aromatic heterocycles. The van der Waals surface area contributed by atoms with Crippen LogP contribution < -0.4 is 14.5 Å². The summed E-state index contributed by atoms with van der Waals surface area (Å²) in [7, 11) is 0. The molecule has 0 unspecified atom stereocenters. The highest BCUT2D eigenvalue weighted by Crippen LogP contribution is 2.56. The Morgan fingerprint density at radius 2 is 1.54 bits per heavy atom. The number of hydrogen-bond acceptors (Lipinski definition) is 5. The molecular weight excluding hydrogens is 468 g/mol. The van der Waals surface area contributed by atoms with Crippen molar-refractivity contribution in [2.45, 2.75) is 25.7 Å². The molecule has 4 aliphatic rings. The number of rotatable bonds is 4. The number of benzene rings is 3. The molecule has 2 saturated carbocycles. The largest absolute Gasteiger partial charge is 0.426 e. The van der Waals surface area contributed by atoms with Gasteiger partial charge < -0.3 is 9.64 Å². The number of anilines is 2. The van der Waals surface area contributed by atoms with Crippen molar-refractivity contribution >= 4 is 45.8 Å². The number of imide groups is 1. The summed E-state index contributed by atoms with van der Waals surface area (Å²) < 4.78 is 5.67. The van der Waals surface area contributed by atoms with Crippen LogP contribution in [0.5, 0.6) is 5.75 Å². The summed E-state index contributed by atoms with van der Waals surface area (Å²) in [6, 6.07) is 20.2. The molecule has 186 valence electrons. The number of amides is 3. The fourth-order valence-corrected chi connectivity index (χ4v) is 7.09. The van der Waals surface area contributed by atoms with E-state index in [0.29, 0.717) is 17.5 Å². The van der Waals surface area contributed by atoms with Gasteiger partial charge in [-0.25, -0.2) is 4.90 Å². The van der Waals surface area contributed by atoms with Crippen molar-refractivity contribution in [2.75, 3.05) is 16.3 Å². The Balaban J connectivity index is 1.08. The Bertz CT molecular complexity index is 1450. The summed E-state index contributed by atoms with van der Waals surface area (Å²) in [4.78, 5) is 55.3. The maximum Gasteiger partial charge on any atom is 0.316 e. The van der Waals surface area contributed by atoms with Gasteiger partial charge in [-0.15, -0.1) is 0 Å². The van der Waals surface area contributed by atoms with Crippen molar-refractivity contribution in [3.63, 3.8) is 0 Å². The normalized spacial score (nSPS) is 28.4. The molecule has 0 radical (unpaired) electrons. The number of esters is 1. The SMILES string of the molecule is O=C(Oc1cccc(N2C(=O)[C@@H]3[C@H]4CC[C@@H](C4)[C@H]3C2=O)c1)[C@H]1CC(=O)N(c2cccc3ccccc23)C1. The van der Waals surface area contributed by atoms with Gasteiger partial charge in [0.1, 0.15) is 5.75 Å². The molecule has 7 rings (SSSR count). The fraction of sp³-hybridized carbons (Fsp3) is 0.333. The van der Waals surface area contributed by atoms with E-state index in [1.807, 2.05) is 42.5 Å². The van der Waals surface area contributed by atoms with Gasteiger partial charge in [-0.2, -0.15) is 0 Å². The second-order valence-electron chi connectivity index (χ2n) is 10.7. The summed E-state index contributed by atoms with van der Waals surface area (Å²) in [5.74, 6) is -1.02. The smallest absolute Gasteiger partial charge is 0.316 e. The Labute approximate surface area is 214 Å². The predicted octanol–water partition coefficient (Wildman–Crippen LogP) is 4.33. The zero-order valence-corrected chi connectivity index (χ0v) is 20.2. The molecule has 5 atom stereocenters. The van der Waals surface area contributed by atoms with Crippen LogP contribution in [0.2, 0.25) is 0 Å². The third-order valence-electron chi connectivity index (χ3n) is 8.74. The fourth-order valence-electron chi connectivity index (χ4n) is 7.09. The van der Waals surface area contributed by atoms with Gasteiger partial charge in [-0.3, -0.25) is 19.2 Å². The van der Waals surface area contributed by atoms with E-state index in [9.17, 15) is 19.2 Å². The second-order valence-corrected chi connectivity index (χ2v) is 10.7. The first-order valence-corrected chi connectivity index (χ1v) is 13.0. The maximum atomic E-state index is 13.2. The average molecular weight is 495 g/mol. The summed E-state index contributed by atoms with van der Waals surface area (Å²) >= 11 is 0. The monoisotopic (exact) mass is 494 g/mol. The highest BCUT2D eigenvalue weighted by atomic mass is 16.5. The number of ether oxygens (including phenoxy) is 1. The zero-order valence-electron chi connectivity index (χ0n) is 20.2. The van der Waals surface area contributed by atoms with E-state index in [1.165, 1.54) is 4.90 Å². The number of carbonyl (C=O) groups is 4. The number of carbonyl (C=O) groups excluding carboxylic acids is 4. The van der Waals surface area contributed by atoms with Crippen molar-refractivity contribution in [3.05, 3.63) is 66.7 Å². The quantitative estimate of drug-likeness (QED) is 0.306. The van der Waals surface area contributed by atoms with E-state index in [4.69, 9.17) is 4.74 Å². The minimum absolute atomic E-state index is 0.0664. The Hall–Kier alpha value is -4.00. The Morgan fingerprint density at radius 1 is 0.838 bits per heavy atom. The van der Waals surface area contributed by atoms with Crippen molar-refractivity contribution in [2.24, 2.45) is 29.6 Å². The first-order chi connectivity index (χ1) is 18.0. The highest BCUT2D eigenvalue weighted by molar-refractivity contribution is 6.22. The Morgan fingerprint density at radius 3 is 2.32 bits per heavy atom. The molecule has 7 heteroatoms. The van der Waals surface area contributed by atoms with E-state index >= 15 is 0 Å². The summed E-state index contributed by atoms with van der Waals surface area (Å²) in [5, 5.41) is 1.98. The van der Waals surface area contributed by atoms with E-state index in [-0.39, 0.29) is 48.3 Å². The predicted molar refractivity (Wildman–Crippen MR) is 137 cm³/mol. The van der Waals surface area contributed by atoms with Gasteiger partial charge in [0.15, 0.2) is 0 Å². The van der Waals surface area contributed by atoms with Crippen molar-refractivity contribution in [1.82, 2.24) is 0 Å². The number of nitrogens with zero attached hydrogens (tertiary/aromatic N) is 2. The van der Waals surface area contributed by atoms with Gasteiger partial charge in [0.2, 0.25) is 17.7 Å². The summed E-state index contributed by atoms with van der Waals surface area (Å²) in [5.41, 5.74) is 1.22. The van der Waals surface area contributed by atoms with Crippen LogP contribution >= 0.6 is 0 Å². The third kappa shape index (κ3) is 3.40. The van der Waals surface area contributed by atoms with Gasteiger partial charge >= 0.3 is 5.97 Å². The van der Waals surface area contributed by atoms with Crippen LogP contribution in [0.25, 0.3) is 10.8 Å². The standard InChI is InChI=1S/C30H26N2O5/c33-25-14-20(16-31(25)24-10-3-6-17-5-1-2-9-23(17)24)30(36)37-22-8-4-7-21(15-22)32-28(34)26-18-11-12-19(13-18)27(26)29(32)35/h1-10,15,18-20,26-27H,11-14,16H2/t18-,19-,20-,26+,27+/m0/s1. The third-order valence-corrected chi connectivity index (χ3v) is 8.74. The zero-order chi connectivity index (χ0) is 25.3. The molecule has 37 heavy (non-hydrogen) atoms. The van der Waals surface area contributed by atoms with Crippen LogP contribution in [0.1, 0.15) is 25.7 Å². The maximum absolute atomic E-state index is 13.2. The lowest BCUT2D eigenvalue weighted by molar-refractivity contribution is -0.139. The Kier molecular flexibility index (Phi) is 4.96. The van der Waals surface area contributed by atoms with Gasteiger partial charge in [0, 0.05) is 24.4 Å². The first-order valence-electron chi connectivity index (χ1n) is 13.0. The van der Waals surface area contributed by atoms with Gasteiger partial charge in [0.25, 0.3) is 0 Å². The average Bonchev–Trinajstić information content (AvgIpc) is 3.67. The van der Waals surface area contributed by atoms with Crippen molar-refractivity contribution in [3.8, 4) is 5.75 Å². The van der Waals surface area contributed by atoms with Gasteiger partial charge in [-0.05, 0) is 54.7 Å². The molecule has 0 spiro atoms. The number of fused-ring (bicyclic) bond motifs is 6. The molecule has 3 aromatic carbocycles. The molecule has 3 amide bonds. The molecule has 2 saturated heterocycles. The topological polar surface area (TPSA) is 84.0 Å². The molecule has 3 aromatic rings. The van der Waals surface area contributed by atoms with E-state index in [2.05, 4.69) is 0 Å². The first kappa shape index (κ1) is 22.2. The molecule has 2 aliphatic heterocycles. The van der Waals surface area contributed by atoms with E-state index in [0.717, 1.165) is 35.7 Å². The molecular formula is C30H26N2O5. The lowest BCUT2D eigenvalue weighted by Gasteiger charge is -2.19. The lowest BCUT2D eigenvalue weighted by Crippen LogP contribution is -2.32. The van der Waals surface area contributed by atoms with Crippen molar-refractivity contribution < 1.29 is 23.9 Å². The van der Waals surface area contributed by atoms with Crippen LogP contribution in [-0.4, -0.2) is 30.2 Å². The summed E-state index contributed by atoms with van der Waals surface area (Å²) in [6.07, 6.45) is 3.09. The minimum Gasteiger partial charge on any atom is -0.426 e. The van der Waals surface area contributed by atoms with Crippen LogP contribution in [0, 0.1) is 29.6 Å². The molecule has 0 N–H and O–H groups in total. The van der Waals surface area contributed by atoms with Crippen LogP contribution in [0.4, 0.5) is 11.4 Å². The highest BCUT2D eigenvalue weighted by Gasteiger charge is 2.61. The molecule has 7 nitrogen and oxygen atoms in total. The summed E-state index contributed by atoms with van der Waals surface area (Å²) in [6.45, 7) is 0.237. The molecule has 2 aliphatic carbocycles. The van der Waals surface area contributed by atoms with Crippen molar-refractivity contribution in [1.29, 1.82) is 0 Å². The van der Waals surface area contributed by atoms with E-state index < -0.39 is 11.9 Å². The number of hydrogen-bond donors (Lipinski definition) is 0. The van der Waals surface area contributed by atoms with E-state index in [1.54, 1.807) is 29.2 Å². The lowest BCUT2D eigenvalue weighted by atomic mass is 9.81. The van der Waals surface area contributed by atoms with Crippen LogP contribution in [-0.2, 0) is 19.2 Å². The molecule has 4 fully saturated rings. The molecule has 2 heterocycles.